The quantitative estimate of drug-likeness (QED) is 0.181. The van der Waals surface area contributed by atoms with Crippen molar-refractivity contribution in [1.29, 1.82) is 0 Å². The molecule has 0 aromatic carbocycles. The summed E-state index contributed by atoms with van der Waals surface area (Å²) in [5.41, 5.74) is 0. The monoisotopic (exact) mass is 330 g/mol. The molecule has 0 aliphatic heterocycles. The maximum absolute atomic E-state index is 10.5. The van der Waals surface area contributed by atoms with Gasteiger partial charge in [-0.1, -0.05) is 0 Å². The molecular formula is C11H22O11. The van der Waals surface area contributed by atoms with Crippen molar-refractivity contribution in [2.75, 3.05) is 19.8 Å². The second-order valence-corrected chi connectivity index (χ2v) is 4.18. The average Bonchev–Trinajstić information content (AvgIpc) is 2.56. The van der Waals surface area contributed by atoms with Gasteiger partial charge < -0.3 is 50.8 Å². The molecule has 132 valence electrons. The van der Waals surface area contributed by atoms with Crippen molar-refractivity contribution in [3.05, 3.63) is 0 Å². The van der Waals surface area contributed by atoms with E-state index < -0.39 is 62.2 Å². The number of Topliss-reactive ketones (excluding diaryl/α,β-unsaturated/α-hetero) is 1. The first-order chi connectivity index (χ1) is 10.2. The van der Waals surface area contributed by atoms with Crippen LogP contribution in [-0.4, -0.2) is 114 Å². The number of hydrogen-bond donors (Lipinski definition) is 9. The first-order valence-electron chi connectivity index (χ1n) is 6.06. The van der Waals surface area contributed by atoms with Crippen LogP contribution in [0.25, 0.3) is 0 Å². The summed E-state index contributed by atoms with van der Waals surface area (Å²) < 4.78 is 0. The van der Waals surface area contributed by atoms with Crippen LogP contribution in [0, 0.1) is 0 Å². The number of aliphatic hydroxyl groups excluding tert-OH is 9. The Morgan fingerprint density at radius 1 is 0.818 bits per heavy atom. The molecule has 0 saturated heterocycles. The minimum Gasteiger partial charge on any atom is -0.394 e. The lowest BCUT2D eigenvalue weighted by atomic mass is 10.1. The van der Waals surface area contributed by atoms with Gasteiger partial charge in [0.15, 0.2) is 12.1 Å². The Morgan fingerprint density at radius 2 is 1.23 bits per heavy atom. The molecule has 0 heterocycles. The molecule has 0 spiro atoms. The first-order valence-corrected chi connectivity index (χ1v) is 6.06. The molecule has 0 bridgehead atoms. The molecule has 0 aliphatic carbocycles. The number of aliphatic hydroxyl groups is 9. The Kier molecular flexibility index (Phi) is 13.2. The van der Waals surface area contributed by atoms with Gasteiger partial charge in [0.2, 0.25) is 0 Å². The van der Waals surface area contributed by atoms with Gasteiger partial charge in [-0.2, -0.15) is 0 Å². The number of ketones is 1. The Morgan fingerprint density at radius 3 is 1.55 bits per heavy atom. The fourth-order valence-corrected chi connectivity index (χ4v) is 1.02. The summed E-state index contributed by atoms with van der Waals surface area (Å²) in [7, 11) is 0. The van der Waals surface area contributed by atoms with E-state index >= 15 is 0 Å². The molecule has 11 heteroatoms. The summed E-state index contributed by atoms with van der Waals surface area (Å²) in [6.07, 6.45) is -9.85. The number of rotatable bonds is 9. The van der Waals surface area contributed by atoms with Crippen LogP contribution in [0.5, 0.6) is 0 Å². The summed E-state index contributed by atoms with van der Waals surface area (Å²) in [6, 6.07) is 0. The topological polar surface area (TPSA) is 216 Å². The molecule has 0 aromatic rings. The molecule has 6 atom stereocenters. The molecule has 0 unspecified atom stereocenters. The third-order valence-corrected chi connectivity index (χ3v) is 2.46. The molecule has 0 aromatic heterocycles. The zero-order valence-electron chi connectivity index (χ0n) is 11.5. The van der Waals surface area contributed by atoms with Gasteiger partial charge in [-0.15, -0.1) is 0 Å². The molecular weight excluding hydrogens is 308 g/mol. The lowest BCUT2D eigenvalue weighted by Gasteiger charge is -2.19. The highest BCUT2D eigenvalue weighted by Gasteiger charge is 2.28. The summed E-state index contributed by atoms with van der Waals surface area (Å²) in [5.74, 6) is -1.00. The summed E-state index contributed by atoms with van der Waals surface area (Å²) >= 11 is 0. The van der Waals surface area contributed by atoms with Crippen molar-refractivity contribution in [3.8, 4) is 0 Å². The van der Waals surface area contributed by atoms with Crippen LogP contribution >= 0.6 is 0 Å². The Labute approximate surface area is 125 Å². The summed E-state index contributed by atoms with van der Waals surface area (Å²) in [4.78, 5) is 20.3. The summed E-state index contributed by atoms with van der Waals surface area (Å²) in [5, 5.41) is 77.1. The number of hydrogen-bond acceptors (Lipinski definition) is 11. The van der Waals surface area contributed by atoms with E-state index in [1.165, 1.54) is 0 Å². The highest BCUT2D eigenvalue weighted by Crippen LogP contribution is 2.00. The fourth-order valence-electron chi connectivity index (χ4n) is 1.02. The van der Waals surface area contributed by atoms with Crippen molar-refractivity contribution in [3.63, 3.8) is 0 Å². The molecule has 0 aliphatic rings. The van der Waals surface area contributed by atoms with Gasteiger partial charge in [0.25, 0.3) is 0 Å². The largest absolute Gasteiger partial charge is 0.394 e. The highest BCUT2D eigenvalue weighted by molar-refractivity contribution is 5.84. The van der Waals surface area contributed by atoms with Crippen molar-refractivity contribution >= 4 is 12.1 Å². The lowest BCUT2D eigenvalue weighted by Crippen LogP contribution is -2.44. The van der Waals surface area contributed by atoms with E-state index in [4.69, 9.17) is 46.0 Å². The van der Waals surface area contributed by atoms with Crippen molar-refractivity contribution in [2.24, 2.45) is 0 Å². The average molecular weight is 330 g/mol. The Balaban J connectivity index is 0. The third kappa shape index (κ3) is 8.43. The second kappa shape index (κ2) is 12.5. The maximum atomic E-state index is 10.5. The second-order valence-electron chi connectivity index (χ2n) is 4.18. The van der Waals surface area contributed by atoms with Gasteiger partial charge >= 0.3 is 0 Å². The van der Waals surface area contributed by atoms with Crippen LogP contribution in [0.2, 0.25) is 0 Å². The molecule has 11 nitrogen and oxygen atoms in total. The zero-order chi connectivity index (χ0) is 17.9. The number of aldehydes is 1. The van der Waals surface area contributed by atoms with E-state index in [-0.39, 0.29) is 6.29 Å². The minimum atomic E-state index is -1.86. The van der Waals surface area contributed by atoms with E-state index in [0.29, 0.717) is 0 Å². The van der Waals surface area contributed by atoms with E-state index in [9.17, 15) is 9.59 Å². The fraction of sp³-hybridized carbons (Fsp3) is 0.818. The van der Waals surface area contributed by atoms with Crippen molar-refractivity contribution in [1.82, 2.24) is 0 Å². The van der Waals surface area contributed by atoms with Crippen LogP contribution < -0.4 is 0 Å². The third-order valence-electron chi connectivity index (χ3n) is 2.46. The number of carbonyl (C=O) groups excluding carboxylic acids is 2. The van der Waals surface area contributed by atoms with Gasteiger partial charge in [-0.3, -0.25) is 4.79 Å². The lowest BCUT2D eigenvalue weighted by molar-refractivity contribution is -0.142. The predicted molar refractivity (Wildman–Crippen MR) is 68.4 cm³/mol. The first kappa shape index (κ1) is 23.2. The Hall–Kier alpha value is -1.02. The standard InChI is InChI=1S/C6H12O6.C5H10O5/c7-1-3(9)5(11)6(12)4(10)2-8;6-1-3(8)5(10)4(9)2-7/h3,5-9,11-12H,1-2H2;1,3-5,7-10H,2H2/t3-,5+,6+;3-,4-,5+/m11/s1. The maximum Gasteiger partial charge on any atom is 0.189 e. The van der Waals surface area contributed by atoms with Crippen LogP contribution in [0.15, 0.2) is 0 Å². The van der Waals surface area contributed by atoms with E-state index in [0.717, 1.165) is 0 Å². The van der Waals surface area contributed by atoms with E-state index in [2.05, 4.69) is 0 Å². The van der Waals surface area contributed by atoms with Gasteiger partial charge in [0.1, 0.15) is 43.2 Å². The molecule has 9 N–H and O–H groups in total. The van der Waals surface area contributed by atoms with Crippen LogP contribution in [0.4, 0.5) is 0 Å². The molecule has 0 saturated carbocycles. The number of carbonyl (C=O) groups is 2. The normalized spacial score (nSPS) is 19.0. The molecule has 0 fully saturated rings. The summed E-state index contributed by atoms with van der Waals surface area (Å²) in [6.45, 7) is -2.38. The Bertz CT molecular complexity index is 310. The van der Waals surface area contributed by atoms with Crippen LogP contribution in [0.3, 0.4) is 0 Å². The molecule has 22 heavy (non-hydrogen) atoms. The van der Waals surface area contributed by atoms with Crippen LogP contribution in [0.1, 0.15) is 0 Å². The predicted octanol–water partition coefficient (Wildman–Crippen LogP) is -6.12. The van der Waals surface area contributed by atoms with Gasteiger partial charge in [-0.25, -0.2) is 0 Å². The van der Waals surface area contributed by atoms with Crippen molar-refractivity contribution in [2.45, 2.75) is 36.6 Å². The van der Waals surface area contributed by atoms with E-state index in [1.807, 2.05) is 0 Å². The van der Waals surface area contributed by atoms with Gasteiger partial charge in [-0.05, 0) is 0 Å². The van der Waals surface area contributed by atoms with Gasteiger partial charge in [0.05, 0.1) is 13.2 Å². The van der Waals surface area contributed by atoms with Crippen molar-refractivity contribution < 1.29 is 55.5 Å². The smallest absolute Gasteiger partial charge is 0.189 e. The highest BCUT2D eigenvalue weighted by atomic mass is 16.4. The van der Waals surface area contributed by atoms with E-state index in [1.54, 1.807) is 0 Å². The van der Waals surface area contributed by atoms with Gasteiger partial charge in [0, 0.05) is 0 Å². The minimum absolute atomic E-state index is 0.0869. The zero-order valence-corrected chi connectivity index (χ0v) is 11.5. The SMILES string of the molecule is O=C(CO)[C@H](O)[C@@H](O)[C@H](O)CO.O=C[C@@H](O)[C@H](O)[C@H](O)CO. The van der Waals surface area contributed by atoms with Crippen LogP contribution in [-0.2, 0) is 9.59 Å². The molecule has 0 rings (SSSR count). The molecule has 0 radical (unpaired) electrons. The molecule has 0 amide bonds.